The molecule has 1 aromatic rings. The SMILES string of the molecule is CSCCCCNC(C)CCc1ccc(O)cc1. The quantitative estimate of drug-likeness (QED) is 0.672. The lowest BCUT2D eigenvalue weighted by Crippen LogP contribution is -2.27. The predicted octanol–water partition coefficient (Wildman–Crippen LogP) is 3.45. The van der Waals surface area contributed by atoms with Crippen LogP contribution < -0.4 is 5.32 Å². The summed E-state index contributed by atoms with van der Waals surface area (Å²) in [5, 5.41) is 12.8. The Bertz CT molecular complexity index is 313. The van der Waals surface area contributed by atoms with Crippen LogP contribution in [0.25, 0.3) is 0 Å². The van der Waals surface area contributed by atoms with Gasteiger partial charge in [-0.2, -0.15) is 11.8 Å². The molecular formula is C15H25NOS. The van der Waals surface area contributed by atoms with Crippen molar-refractivity contribution in [3.63, 3.8) is 0 Å². The average Bonchev–Trinajstić information content (AvgIpc) is 2.38. The lowest BCUT2D eigenvalue weighted by atomic mass is 10.1. The lowest BCUT2D eigenvalue weighted by molar-refractivity contribution is 0.474. The molecule has 0 fully saturated rings. The molecule has 0 aromatic heterocycles. The molecule has 0 saturated carbocycles. The smallest absolute Gasteiger partial charge is 0.115 e. The Morgan fingerprint density at radius 1 is 1.22 bits per heavy atom. The highest BCUT2D eigenvalue weighted by molar-refractivity contribution is 7.98. The van der Waals surface area contributed by atoms with Crippen LogP contribution in [0.1, 0.15) is 31.7 Å². The van der Waals surface area contributed by atoms with Crippen molar-refractivity contribution >= 4 is 11.8 Å². The van der Waals surface area contributed by atoms with E-state index in [-0.39, 0.29) is 0 Å². The molecule has 2 N–H and O–H groups in total. The maximum Gasteiger partial charge on any atom is 0.115 e. The molecule has 0 radical (unpaired) electrons. The minimum Gasteiger partial charge on any atom is -0.508 e. The van der Waals surface area contributed by atoms with E-state index in [1.807, 2.05) is 23.9 Å². The number of thioether (sulfide) groups is 1. The number of unbranched alkanes of at least 4 members (excludes halogenated alkanes) is 1. The summed E-state index contributed by atoms with van der Waals surface area (Å²) >= 11 is 1.92. The highest BCUT2D eigenvalue weighted by atomic mass is 32.2. The van der Waals surface area contributed by atoms with E-state index in [0.717, 1.165) is 19.4 Å². The van der Waals surface area contributed by atoms with Gasteiger partial charge in [0.05, 0.1) is 0 Å². The monoisotopic (exact) mass is 267 g/mol. The number of benzene rings is 1. The minimum atomic E-state index is 0.346. The van der Waals surface area contributed by atoms with Crippen LogP contribution in [0.5, 0.6) is 5.75 Å². The third-order valence-electron chi connectivity index (χ3n) is 3.07. The maximum atomic E-state index is 9.21. The summed E-state index contributed by atoms with van der Waals surface area (Å²) in [6, 6.07) is 8.08. The zero-order chi connectivity index (χ0) is 13.2. The third-order valence-corrected chi connectivity index (χ3v) is 3.77. The topological polar surface area (TPSA) is 32.3 Å². The molecule has 0 spiro atoms. The first-order chi connectivity index (χ1) is 8.72. The largest absolute Gasteiger partial charge is 0.508 e. The number of nitrogens with one attached hydrogen (secondary N) is 1. The van der Waals surface area contributed by atoms with E-state index in [9.17, 15) is 5.11 Å². The Balaban J connectivity index is 2.09. The number of hydrogen-bond donors (Lipinski definition) is 2. The first-order valence-electron chi connectivity index (χ1n) is 6.72. The van der Waals surface area contributed by atoms with Crippen LogP contribution in [0.3, 0.4) is 0 Å². The van der Waals surface area contributed by atoms with E-state index in [4.69, 9.17) is 0 Å². The second-order valence-corrected chi connectivity index (χ2v) is 5.75. The van der Waals surface area contributed by atoms with Gasteiger partial charge in [-0.25, -0.2) is 0 Å². The summed E-state index contributed by atoms with van der Waals surface area (Å²) in [6.45, 7) is 3.37. The van der Waals surface area contributed by atoms with Crippen molar-refractivity contribution in [3.05, 3.63) is 29.8 Å². The van der Waals surface area contributed by atoms with Gasteiger partial charge in [-0.15, -0.1) is 0 Å². The number of aryl methyl sites for hydroxylation is 1. The Morgan fingerprint density at radius 3 is 2.61 bits per heavy atom. The van der Waals surface area contributed by atoms with Crippen molar-refractivity contribution in [3.8, 4) is 5.75 Å². The van der Waals surface area contributed by atoms with Crippen LogP contribution in [-0.2, 0) is 6.42 Å². The molecule has 2 nitrogen and oxygen atoms in total. The van der Waals surface area contributed by atoms with Crippen molar-refractivity contribution in [1.82, 2.24) is 5.32 Å². The Hall–Kier alpha value is -0.670. The van der Waals surface area contributed by atoms with Crippen LogP contribution in [0.4, 0.5) is 0 Å². The first-order valence-corrected chi connectivity index (χ1v) is 8.12. The summed E-state index contributed by atoms with van der Waals surface area (Å²) in [5.41, 5.74) is 1.30. The number of phenols is 1. The highest BCUT2D eigenvalue weighted by Gasteiger charge is 2.01. The molecule has 0 aliphatic rings. The van der Waals surface area contributed by atoms with E-state index in [1.54, 1.807) is 12.1 Å². The first kappa shape index (κ1) is 15.4. The van der Waals surface area contributed by atoms with Gasteiger partial charge in [-0.3, -0.25) is 0 Å². The summed E-state index contributed by atoms with van der Waals surface area (Å²) in [5.74, 6) is 1.61. The zero-order valence-electron chi connectivity index (χ0n) is 11.5. The van der Waals surface area contributed by atoms with Gasteiger partial charge in [0.25, 0.3) is 0 Å². The van der Waals surface area contributed by atoms with Crippen LogP contribution in [-0.4, -0.2) is 29.7 Å². The summed E-state index contributed by atoms with van der Waals surface area (Å²) in [7, 11) is 0. The van der Waals surface area contributed by atoms with Crippen LogP contribution in [0, 0.1) is 0 Å². The lowest BCUT2D eigenvalue weighted by Gasteiger charge is -2.13. The molecule has 3 heteroatoms. The van der Waals surface area contributed by atoms with Gasteiger partial charge in [0.2, 0.25) is 0 Å². The van der Waals surface area contributed by atoms with Crippen molar-refractivity contribution in [2.75, 3.05) is 18.6 Å². The Morgan fingerprint density at radius 2 is 1.94 bits per heavy atom. The average molecular weight is 267 g/mol. The summed E-state index contributed by atoms with van der Waals surface area (Å²) in [6.07, 6.45) is 6.95. The Labute approximate surface area is 115 Å². The normalized spacial score (nSPS) is 12.6. The molecule has 1 rings (SSSR count). The zero-order valence-corrected chi connectivity index (χ0v) is 12.3. The van der Waals surface area contributed by atoms with Crippen LogP contribution in [0.15, 0.2) is 24.3 Å². The molecule has 0 aliphatic heterocycles. The molecule has 0 bridgehead atoms. The molecule has 1 unspecified atom stereocenters. The predicted molar refractivity (Wildman–Crippen MR) is 81.5 cm³/mol. The fourth-order valence-corrected chi connectivity index (χ4v) is 2.36. The van der Waals surface area contributed by atoms with Crippen LogP contribution >= 0.6 is 11.8 Å². The highest BCUT2D eigenvalue weighted by Crippen LogP contribution is 2.11. The van der Waals surface area contributed by atoms with Gasteiger partial charge >= 0.3 is 0 Å². The van der Waals surface area contributed by atoms with Crippen LogP contribution in [0.2, 0.25) is 0 Å². The van der Waals surface area contributed by atoms with Gasteiger partial charge < -0.3 is 10.4 Å². The van der Waals surface area contributed by atoms with E-state index >= 15 is 0 Å². The Kier molecular flexibility index (Phi) is 7.94. The molecule has 1 atom stereocenters. The third kappa shape index (κ3) is 6.92. The van der Waals surface area contributed by atoms with Gasteiger partial charge in [-0.05, 0) is 68.9 Å². The standard InChI is InChI=1S/C15H25NOS/c1-13(16-11-3-4-12-18-2)5-6-14-7-9-15(17)10-8-14/h7-10,13,16-17H,3-6,11-12H2,1-2H3. The number of aromatic hydroxyl groups is 1. The molecule has 0 aliphatic carbocycles. The second-order valence-electron chi connectivity index (χ2n) is 4.76. The maximum absolute atomic E-state index is 9.21. The molecule has 1 aromatic carbocycles. The molecule has 102 valence electrons. The molecule has 0 heterocycles. The van der Waals surface area contributed by atoms with E-state index in [1.165, 1.54) is 24.2 Å². The summed E-state index contributed by atoms with van der Waals surface area (Å²) in [4.78, 5) is 0. The number of rotatable bonds is 9. The fourth-order valence-electron chi connectivity index (χ4n) is 1.87. The van der Waals surface area contributed by atoms with Crippen molar-refractivity contribution < 1.29 is 5.11 Å². The van der Waals surface area contributed by atoms with E-state index in [0.29, 0.717) is 11.8 Å². The van der Waals surface area contributed by atoms with Gasteiger partial charge in [0.15, 0.2) is 0 Å². The number of hydrogen-bond acceptors (Lipinski definition) is 3. The van der Waals surface area contributed by atoms with Gasteiger partial charge in [-0.1, -0.05) is 12.1 Å². The molecular weight excluding hydrogens is 242 g/mol. The van der Waals surface area contributed by atoms with E-state index in [2.05, 4.69) is 18.5 Å². The van der Waals surface area contributed by atoms with E-state index < -0.39 is 0 Å². The van der Waals surface area contributed by atoms with Crippen molar-refractivity contribution in [1.29, 1.82) is 0 Å². The van der Waals surface area contributed by atoms with Crippen molar-refractivity contribution in [2.45, 2.75) is 38.6 Å². The second kappa shape index (κ2) is 9.29. The fraction of sp³-hybridized carbons (Fsp3) is 0.600. The van der Waals surface area contributed by atoms with Crippen molar-refractivity contribution in [2.24, 2.45) is 0 Å². The molecule has 0 saturated heterocycles. The molecule has 0 amide bonds. The molecule has 18 heavy (non-hydrogen) atoms. The van der Waals surface area contributed by atoms with Gasteiger partial charge in [0.1, 0.15) is 5.75 Å². The minimum absolute atomic E-state index is 0.346. The number of phenolic OH excluding ortho intramolecular Hbond substituents is 1. The van der Waals surface area contributed by atoms with Gasteiger partial charge in [0, 0.05) is 6.04 Å². The summed E-state index contributed by atoms with van der Waals surface area (Å²) < 4.78 is 0.